The van der Waals surface area contributed by atoms with Gasteiger partial charge in [-0.25, -0.2) is 0 Å². The molecule has 0 spiro atoms. The van der Waals surface area contributed by atoms with Crippen LogP contribution >= 0.6 is 0 Å². The molecule has 5 heteroatoms. The molecule has 19 heavy (non-hydrogen) atoms. The molecular weight excluding hydrogens is 242 g/mol. The van der Waals surface area contributed by atoms with Gasteiger partial charge in [0.05, 0.1) is 0 Å². The zero-order valence-electron chi connectivity index (χ0n) is 12.2. The lowest BCUT2D eigenvalue weighted by Crippen LogP contribution is -2.46. The maximum absolute atomic E-state index is 11.9. The molecule has 0 saturated carbocycles. The number of carbonyl (C=O) groups is 2. The molecule has 0 aliphatic carbocycles. The maximum Gasteiger partial charge on any atom is 0.223 e. The fourth-order valence-electron chi connectivity index (χ4n) is 2.33. The molecular formula is C14H27N3O2. The largest absolute Gasteiger partial charge is 0.353 e. The van der Waals surface area contributed by atoms with Gasteiger partial charge in [-0.3, -0.25) is 9.59 Å². The van der Waals surface area contributed by atoms with E-state index in [4.69, 9.17) is 0 Å². The fraction of sp³-hybridized carbons (Fsp3) is 0.857. The van der Waals surface area contributed by atoms with Crippen molar-refractivity contribution < 1.29 is 9.59 Å². The van der Waals surface area contributed by atoms with E-state index in [1.54, 1.807) is 0 Å². The van der Waals surface area contributed by atoms with E-state index in [1.165, 1.54) is 0 Å². The number of hydrogen-bond donors (Lipinski definition) is 2. The number of likely N-dealkylation sites (tertiary alicyclic amines) is 1. The lowest BCUT2D eigenvalue weighted by Gasteiger charge is -2.32. The van der Waals surface area contributed by atoms with E-state index in [1.807, 2.05) is 18.7 Å². The fourth-order valence-corrected chi connectivity index (χ4v) is 2.33. The second kappa shape index (κ2) is 8.91. The molecule has 0 unspecified atom stereocenters. The highest BCUT2D eigenvalue weighted by molar-refractivity contribution is 5.77. The Morgan fingerprint density at radius 1 is 1.16 bits per heavy atom. The Morgan fingerprint density at radius 2 is 1.84 bits per heavy atom. The molecule has 0 aromatic heterocycles. The first-order valence-electron chi connectivity index (χ1n) is 7.45. The van der Waals surface area contributed by atoms with Gasteiger partial charge in [0.25, 0.3) is 0 Å². The van der Waals surface area contributed by atoms with Gasteiger partial charge in [0.15, 0.2) is 0 Å². The molecule has 2 N–H and O–H groups in total. The number of nitrogens with one attached hydrogen (secondary N) is 2. The van der Waals surface area contributed by atoms with Crippen LogP contribution in [0.2, 0.25) is 0 Å². The van der Waals surface area contributed by atoms with Crippen LogP contribution in [-0.4, -0.2) is 48.9 Å². The predicted molar refractivity (Wildman–Crippen MR) is 75.8 cm³/mol. The van der Waals surface area contributed by atoms with Crippen LogP contribution in [0, 0.1) is 0 Å². The summed E-state index contributed by atoms with van der Waals surface area (Å²) in [5, 5.41) is 6.20. The van der Waals surface area contributed by atoms with Gasteiger partial charge >= 0.3 is 0 Å². The van der Waals surface area contributed by atoms with Crippen molar-refractivity contribution in [1.29, 1.82) is 0 Å². The van der Waals surface area contributed by atoms with Gasteiger partial charge in [-0.15, -0.1) is 0 Å². The Balaban J connectivity index is 2.21. The highest BCUT2D eigenvalue weighted by Crippen LogP contribution is 2.11. The average molecular weight is 269 g/mol. The molecule has 1 fully saturated rings. The zero-order valence-corrected chi connectivity index (χ0v) is 12.2. The summed E-state index contributed by atoms with van der Waals surface area (Å²) in [5.41, 5.74) is 0. The van der Waals surface area contributed by atoms with Gasteiger partial charge in [0.1, 0.15) is 0 Å². The molecule has 1 aliphatic heterocycles. The van der Waals surface area contributed by atoms with Gasteiger partial charge in [-0.2, -0.15) is 0 Å². The maximum atomic E-state index is 11.9. The van der Waals surface area contributed by atoms with Gasteiger partial charge < -0.3 is 15.5 Å². The van der Waals surface area contributed by atoms with Crippen molar-refractivity contribution in [1.82, 2.24) is 15.5 Å². The van der Waals surface area contributed by atoms with Crippen molar-refractivity contribution in [2.45, 2.75) is 52.0 Å². The van der Waals surface area contributed by atoms with E-state index in [9.17, 15) is 9.59 Å². The minimum Gasteiger partial charge on any atom is -0.353 e. The number of hydrogen-bond acceptors (Lipinski definition) is 3. The van der Waals surface area contributed by atoms with Crippen LogP contribution in [0.15, 0.2) is 0 Å². The summed E-state index contributed by atoms with van der Waals surface area (Å²) in [4.78, 5) is 25.3. The average Bonchev–Trinajstić information content (AvgIpc) is 2.40. The molecule has 5 nitrogen and oxygen atoms in total. The van der Waals surface area contributed by atoms with Gasteiger partial charge in [0.2, 0.25) is 11.8 Å². The van der Waals surface area contributed by atoms with Gasteiger partial charge in [0, 0.05) is 38.5 Å². The summed E-state index contributed by atoms with van der Waals surface area (Å²) in [5.74, 6) is 0.360. The quantitative estimate of drug-likeness (QED) is 0.675. The second-order valence-corrected chi connectivity index (χ2v) is 5.08. The summed E-state index contributed by atoms with van der Waals surface area (Å²) in [7, 11) is 0. The van der Waals surface area contributed by atoms with Crippen molar-refractivity contribution in [2.24, 2.45) is 0 Å². The van der Waals surface area contributed by atoms with E-state index in [0.717, 1.165) is 45.4 Å². The Hall–Kier alpha value is -1.10. The summed E-state index contributed by atoms with van der Waals surface area (Å²) in [6.45, 7) is 7.23. The first-order chi connectivity index (χ1) is 9.17. The lowest BCUT2D eigenvalue weighted by atomic mass is 10.0. The summed E-state index contributed by atoms with van der Waals surface area (Å²) >= 11 is 0. The summed E-state index contributed by atoms with van der Waals surface area (Å²) in [6.07, 6.45) is 3.81. The molecule has 1 aliphatic rings. The molecule has 1 heterocycles. The molecule has 2 amide bonds. The van der Waals surface area contributed by atoms with Gasteiger partial charge in [-0.05, 0) is 25.8 Å². The Bertz CT molecular complexity index is 286. The van der Waals surface area contributed by atoms with Crippen molar-refractivity contribution >= 4 is 11.8 Å². The third-order valence-electron chi connectivity index (χ3n) is 3.46. The Labute approximate surface area is 116 Å². The topological polar surface area (TPSA) is 61.4 Å². The number of rotatable bonds is 7. The first kappa shape index (κ1) is 16.0. The highest BCUT2D eigenvalue weighted by Gasteiger charge is 2.23. The van der Waals surface area contributed by atoms with E-state index in [0.29, 0.717) is 12.8 Å². The third kappa shape index (κ3) is 6.05. The van der Waals surface area contributed by atoms with Crippen LogP contribution in [0.5, 0.6) is 0 Å². The second-order valence-electron chi connectivity index (χ2n) is 5.08. The normalized spacial score (nSPS) is 16.4. The molecule has 0 bridgehead atoms. The number of amides is 2. The van der Waals surface area contributed by atoms with Crippen molar-refractivity contribution in [3.8, 4) is 0 Å². The van der Waals surface area contributed by atoms with Crippen LogP contribution in [0.3, 0.4) is 0 Å². The van der Waals surface area contributed by atoms with Crippen molar-refractivity contribution in [3.05, 3.63) is 0 Å². The van der Waals surface area contributed by atoms with E-state index < -0.39 is 0 Å². The standard InChI is InChI=1S/C14H27N3O2/c1-3-5-13(18)16-12-7-10-17(11-8-12)14(19)6-9-15-4-2/h12,15H,3-11H2,1-2H3,(H,16,18). The minimum absolute atomic E-state index is 0.138. The Morgan fingerprint density at radius 3 is 2.42 bits per heavy atom. The van der Waals surface area contributed by atoms with Crippen LogP contribution in [0.1, 0.15) is 46.0 Å². The van der Waals surface area contributed by atoms with Crippen LogP contribution in [0.4, 0.5) is 0 Å². The molecule has 1 saturated heterocycles. The van der Waals surface area contributed by atoms with Crippen LogP contribution in [0.25, 0.3) is 0 Å². The van der Waals surface area contributed by atoms with Crippen LogP contribution in [-0.2, 0) is 9.59 Å². The zero-order chi connectivity index (χ0) is 14.1. The summed E-state index contributed by atoms with van der Waals surface area (Å²) in [6, 6.07) is 0.247. The summed E-state index contributed by atoms with van der Waals surface area (Å²) < 4.78 is 0. The third-order valence-corrected chi connectivity index (χ3v) is 3.46. The smallest absolute Gasteiger partial charge is 0.223 e. The lowest BCUT2D eigenvalue weighted by molar-refractivity contribution is -0.132. The van der Waals surface area contributed by atoms with E-state index in [2.05, 4.69) is 10.6 Å². The number of piperidine rings is 1. The van der Waals surface area contributed by atoms with Gasteiger partial charge in [-0.1, -0.05) is 13.8 Å². The SMILES string of the molecule is CCCC(=O)NC1CCN(C(=O)CCNCC)CC1. The molecule has 0 aromatic rings. The van der Waals surface area contributed by atoms with E-state index >= 15 is 0 Å². The van der Waals surface area contributed by atoms with Crippen molar-refractivity contribution in [3.63, 3.8) is 0 Å². The number of nitrogens with zero attached hydrogens (tertiary/aromatic N) is 1. The highest BCUT2D eigenvalue weighted by atomic mass is 16.2. The Kier molecular flexibility index (Phi) is 7.48. The molecule has 0 atom stereocenters. The van der Waals surface area contributed by atoms with E-state index in [-0.39, 0.29) is 17.9 Å². The first-order valence-corrected chi connectivity index (χ1v) is 7.45. The molecule has 110 valence electrons. The minimum atomic E-state index is 0.138. The molecule has 1 rings (SSSR count). The molecule has 0 aromatic carbocycles. The number of carbonyl (C=O) groups excluding carboxylic acids is 2. The van der Waals surface area contributed by atoms with Crippen LogP contribution < -0.4 is 10.6 Å². The molecule has 0 radical (unpaired) electrons. The monoisotopic (exact) mass is 269 g/mol. The predicted octanol–water partition coefficient (Wildman–Crippen LogP) is 0.893. The van der Waals surface area contributed by atoms with Crippen molar-refractivity contribution in [2.75, 3.05) is 26.2 Å².